The molecule has 1 aliphatic carbocycles. The Morgan fingerprint density at radius 1 is 1.31 bits per heavy atom. The highest BCUT2D eigenvalue weighted by atomic mass is 32.2. The van der Waals surface area contributed by atoms with Crippen LogP contribution in [0.3, 0.4) is 0 Å². The molecule has 0 amide bonds. The van der Waals surface area contributed by atoms with Gasteiger partial charge in [0.05, 0.1) is 10.7 Å². The minimum absolute atomic E-state index is 0.348. The Bertz CT molecular complexity index is 405. The summed E-state index contributed by atoms with van der Waals surface area (Å²) in [6.45, 7) is 0. The van der Waals surface area contributed by atoms with Gasteiger partial charge in [-0.1, -0.05) is 19.3 Å². The fourth-order valence-corrected chi connectivity index (χ4v) is 3.16. The quantitative estimate of drug-likeness (QED) is 0.853. The van der Waals surface area contributed by atoms with E-state index in [9.17, 15) is 0 Å². The highest BCUT2D eigenvalue weighted by Gasteiger charge is 2.15. The zero-order valence-corrected chi connectivity index (χ0v) is 9.96. The van der Waals surface area contributed by atoms with Crippen LogP contribution in [0.2, 0.25) is 0 Å². The van der Waals surface area contributed by atoms with Crippen molar-refractivity contribution < 1.29 is 0 Å². The van der Waals surface area contributed by atoms with Crippen molar-refractivity contribution in [3.8, 4) is 6.07 Å². The Hall–Kier alpha value is -1.21. The third-order valence-corrected chi connectivity index (χ3v) is 4.12. The van der Waals surface area contributed by atoms with Gasteiger partial charge in [0, 0.05) is 5.25 Å². The monoisotopic (exact) mass is 233 g/mol. The number of nitrogen functional groups attached to an aromatic ring is 1. The number of rotatable bonds is 2. The predicted molar refractivity (Wildman–Crippen MR) is 66.1 cm³/mol. The zero-order valence-electron chi connectivity index (χ0n) is 9.15. The van der Waals surface area contributed by atoms with Gasteiger partial charge in [0.2, 0.25) is 0 Å². The summed E-state index contributed by atoms with van der Waals surface area (Å²) in [6, 6.07) is 5.71. The molecule has 0 bridgehead atoms. The van der Waals surface area contributed by atoms with E-state index in [2.05, 4.69) is 4.98 Å². The second-order valence-electron chi connectivity index (χ2n) is 4.08. The molecule has 3 nitrogen and oxygen atoms in total. The Morgan fingerprint density at radius 3 is 2.75 bits per heavy atom. The van der Waals surface area contributed by atoms with Crippen molar-refractivity contribution in [3.63, 3.8) is 0 Å². The van der Waals surface area contributed by atoms with E-state index >= 15 is 0 Å². The number of thioether (sulfide) groups is 1. The van der Waals surface area contributed by atoms with Gasteiger partial charge in [0.15, 0.2) is 5.69 Å². The summed E-state index contributed by atoms with van der Waals surface area (Å²) in [5, 5.41) is 10.4. The van der Waals surface area contributed by atoms with Gasteiger partial charge in [-0.25, -0.2) is 4.98 Å². The molecule has 0 unspecified atom stereocenters. The van der Waals surface area contributed by atoms with Crippen LogP contribution < -0.4 is 5.73 Å². The number of hydrogen-bond acceptors (Lipinski definition) is 4. The lowest BCUT2D eigenvalue weighted by molar-refractivity contribution is 0.515. The van der Waals surface area contributed by atoms with Crippen LogP contribution in [0.25, 0.3) is 0 Å². The van der Waals surface area contributed by atoms with Gasteiger partial charge in [0.25, 0.3) is 0 Å². The second-order valence-corrected chi connectivity index (χ2v) is 5.40. The van der Waals surface area contributed by atoms with E-state index in [0.717, 1.165) is 5.03 Å². The van der Waals surface area contributed by atoms with E-state index in [-0.39, 0.29) is 0 Å². The lowest BCUT2D eigenvalue weighted by Gasteiger charge is -2.20. The molecular formula is C12H15N3S. The molecule has 1 aliphatic rings. The highest BCUT2D eigenvalue weighted by molar-refractivity contribution is 7.99. The van der Waals surface area contributed by atoms with Crippen molar-refractivity contribution in [1.82, 2.24) is 4.98 Å². The highest BCUT2D eigenvalue weighted by Crippen LogP contribution is 2.33. The molecular weight excluding hydrogens is 218 g/mol. The number of pyridine rings is 1. The van der Waals surface area contributed by atoms with Crippen molar-refractivity contribution in [2.75, 3.05) is 5.73 Å². The van der Waals surface area contributed by atoms with Crippen LogP contribution in [-0.2, 0) is 0 Å². The van der Waals surface area contributed by atoms with Crippen molar-refractivity contribution in [1.29, 1.82) is 5.26 Å². The van der Waals surface area contributed by atoms with Crippen LogP contribution in [0.1, 0.15) is 37.8 Å². The third-order valence-electron chi connectivity index (χ3n) is 2.85. The molecule has 2 N–H and O–H groups in total. The van der Waals surface area contributed by atoms with Crippen LogP contribution in [0.4, 0.5) is 5.69 Å². The van der Waals surface area contributed by atoms with E-state index in [1.165, 1.54) is 32.1 Å². The molecule has 0 radical (unpaired) electrons. The standard InChI is InChI=1S/C12H15N3S/c13-8-11-10(14)6-7-12(15-11)16-9-4-2-1-3-5-9/h6-7,9H,1-5,14H2. The molecule has 0 spiro atoms. The first kappa shape index (κ1) is 11.3. The van der Waals surface area contributed by atoms with Crippen molar-refractivity contribution in [3.05, 3.63) is 17.8 Å². The van der Waals surface area contributed by atoms with Gasteiger partial charge in [-0.15, -0.1) is 11.8 Å². The molecule has 0 saturated heterocycles. The summed E-state index contributed by atoms with van der Waals surface area (Å²) in [7, 11) is 0. The first-order chi connectivity index (χ1) is 7.79. The molecule has 1 aromatic rings. The summed E-state index contributed by atoms with van der Waals surface area (Å²) in [6.07, 6.45) is 6.52. The third kappa shape index (κ3) is 2.67. The number of nitriles is 1. The molecule has 16 heavy (non-hydrogen) atoms. The van der Waals surface area contributed by atoms with Gasteiger partial charge < -0.3 is 5.73 Å². The summed E-state index contributed by atoms with van der Waals surface area (Å²) >= 11 is 1.78. The molecule has 1 heterocycles. The van der Waals surface area contributed by atoms with E-state index in [0.29, 0.717) is 16.6 Å². The number of anilines is 1. The molecule has 2 rings (SSSR count). The van der Waals surface area contributed by atoms with Crippen molar-refractivity contribution >= 4 is 17.4 Å². The normalized spacial score (nSPS) is 16.9. The molecule has 1 fully saturated rings. The Balaban J connectivity index is 2.06. The molecule has 0 atom stereocenters. The first-order valence-electron chi connectivity index (χ1n) is 5.63. The van der Waals surface area contributed by atoms with Crippen LogP contribution >= 0.6 is 11.8 Å². The zero-order chi connectivity index (χ0) is 11.4. The van der Waals surface area contributed by atoms with Gasteiger partial charge in [-0.05, 0) is 25.0 Å². The van der Waals surface area contributed by atoms with Gasteiger partial charge in [-0.2, -0.15) is 5.26 Å². The molecule has 4 heteroatoms. The number of hydrogen-bond donors (Lipinski definition) is 1. The molecule has 1 saturated carbocycles. The lowest BCUT2D eigenvalue weighted by Crippen LogP contribution is -2.08. The van der Waals surface area contributed by atoms with Crippen molar-refractivity contribution in [2.24, 2.45) is 0 Å². The molecule has 84 valence electrons. The van der Waals surface area contributed by atoms with Gasteiger partial charge in [0.1, 0.15) is 6.07 Å². The minimum atomic E-state index is 0.348. The van der Waals surface area contributed by atoms with E-state index in [4.69, 9.17) is 11.0 Å². The van der Waals surface area contributed by atoms with Crippen LogP contribution in [0, 0.1) is 11.3 Å². The maximum Gasteiger partial charge on any atom is 0.164 e. The lowest BCUT2D eigenvalue weighted by atomic mass is 10.0. The Morgan fingerprint density at radius 2 is 2.06 bits per heavy atom. The summed E-state index contributed by atoms with van der Waals surface area (Å²) in [5.74, 6) is 0. The largest absolute Gasteiger partial charge is 0.396 e. The number of aromatic nitrogens is 1. The SMILES string of the molecule is N#Cc1nc(SC2CCCCC2)ccc1N. The second kappa shape index (κ2) is 5.22. The Labute approximate surface area is 100 Å². The number of nitrogens with zero attached hydrogens (tertiary/aromatic N) is 2. The molecule has 0 aromatic carbocycles. The fraction of sp³-hybridized carbons (Fsp3) is 0.500. The maximum absolute atomic E-state index is 8.85. The fourth-order valence-electron chi connectivity index (χ4n) is 1.96. The minimum Gasteiger partial charge on any atom is -0.396 e. The van der Waals surface area contributed by atoms with Gasteiger partial charge >= 0.3 is 0 Å². The average Bonchev–Trinajstić information content (AvgIpc) is 2.33. The van der Waals surface area contributed by atoms with Crippen LogP contribution in [0.5, 0.6) is 0 Å². The van der Waals surface area contributed by atoms with E-state index in [1.54, 1.807) is 17.8 Å². The Kier molecular flexibility index (Phi) is 3.68. The van der Waals surface area contributed by atoms with Crippen molar-refractivity contribution in [2.45, 2.75) is 42.4 Å². The molecule has 1 aromatic heterocycles. The summed E-state index contributed by atoms with van der Waals surface area (Å²) in [5.41, 5.74) is 6.45. The summed E-state index contributed by atoms with van der Waals surface area (Å²) < 4.78 is 0. The average molecular weight is 233 g/mol. The van der Waals surface area contributed by atoms with Crippen LogP contribution in [-0.4, -0.2) is 10.2 Å². The molecule has 0 aliphatic heterocycles. The smallest absolute Gasteiger partial charge is 0.164 e. The maximum atomic E-state index is 8.85. The number of nitrogens with two attached hydrogens (primary N) is 1. The first-order valence-corrected chi connectivity index (χ1v) is 6.51. The van der Waals surface area contributed by atoms with Gasteiger partial charge in [-0.3, -0.25) is 0 Å². The van der Waals surface area contributed by atoms with E-state index in [1.807, 2.05) is 12.1 Å². The topological polar surface area (TPSA) is 62.7 Å². The van der Waals surface area contributed by atoms with E-state index < -0.39 is 0 Å². The van der Waals surface area contributed by atoms with Crippen LogP contribution in [0.15, 0.2) is 17.2 Å². The predicted octanol–water partition coefficient (Wildman–Crippen LogP) is 2.96. The summed E-state index contributed by atoms with van der Waals surface area (Å²) in [4.78, 5) is 4.26.